The molecule has 0 N–H and O–H groups in total. The molecular formula is C22H28ClN. The van der Waals surface area contributed by atoms with Gasteiger partial charge in [0.15, 0.2) is 0 Å². The average molecular weight is 342 g/mol. The summed E-state index contributed by atoms with van der Waals surface area (Å²) in [5, 5.41) is 0. The Balaban J connectivity index is 0.00000169. The van der Waals surface area contributed by atoms with Crippen molar-refractivity contribution in [1.29, 1.82) is 0 Å². The summed E-state index contributed by atoms with van der Waals surface area (Å²) in [6, 6.07) is 18.4. The predicted octanol–water partition coefficient (Wildman–Crippen LogP) is 5.44. The van der Waals surface area contributed by atoms with Gasteiger partial charge in [0.2, 0.25) is 0 Å². The van der Waals surface area contributed by atoms with E-state index < -0.39 is 0 Å². The number of benzene rings is 2. The van der Waals surface area contributed by atoms with Crippen LogP contribution in [0.15, 0.2) is 48.5 Å². The first-order valence-electron chi connectivity index (χ1n) is 9.23. The second-order valence-electron chi connectivity index (χ2n) is 7.10. The Hall–Kier alpha value is -1.31. The van der Waals surface area contributed by atoms with Crippen LogP contribution >= 0.6 is 12.4 Å². The third kappa shape index (κ3) is 2.78. The predicted molar refractivity (Wildman–Crippen MR) is 104 cm³/mol. The van der Waals surface area contributed by atoms with Gasteiger partial charge in [-0.2, -0.15) is 0 Å². The van der Waals surface area contributed by atoms with E-state index in [1.807, 2.05) is 0 Å². The highest BCUT2D eigenvalue weighted by Crippen LogP contribution is 2.56. The van der Waals surface area contributed by atoms with Crippen LogP contribution in [0, 0.1) is 5.92 Å². The molecule has 0 amide bonds. The van der Waals surface area contributed by atoms with Crippen LogP contribution in [-0.4, -0.2) is 24.5 Å². The Morgan fingerprint density at radius 2 is 1.33 bits per heavy atom. The highest BCUT2D eigenvalue weighted by molar-refractivity contribution is 5.85. The molecule has 0 heterocycles. The number of nitrogens with zero attached hydrogens (tertiary/aromatic N) is 1. The highest BCUT2D eigenvalue weighted by atomic mass is 35.5. The summed E-state index contributed by atoms with van der Waals surface area (Å²) in [6.45, 7) is 8.14. The molecule has 1 nitrogen and oxygen atoms in total. The van der Waals surface area contributed by atoms with Crippen molar-refractivity contribution in [2.24, 2.45) is 5.92 Å². The topological polar surface area (TPSA) is 3.24 Å². The fourth-order valence-corrected chi connectivity index (χ4v) is 4.93. The second kappa shape index (κ2) is 7.29. The maximum atomic E-state index is 2.57. The van der Waals surface area contributed by atoms with Gasteiger partial charge in [0, 0.05) is 11.8 Å². The zero-order valence-corrected chi connectivity index (χ0v) is 15.6. The van der Waals surface area contributed by atoms with Crippen LogP contribution in [0.2, 0.25) is 0 Å². The summed E-state index contributed by atoms with van der Waals surface area (Å²) in [4.78, 5) is 2.57. The SMILES string of the molecule is CCN(CC)CCC1CC2c3ccccc3C1c1ccccc12.Cl. The van der Waals surface area contributed by atoms with Crippen molar-refractivity contribution in [1.82, 2.24) is 4.90 Å². The van der Waals surface area contributed by atoms with E-state index in [0.717, 1.165) is 5.92 Å². The Morgan fingerprint density at radius 3 is 1.83 bits per heavy atom. The first-order valence-corrected chi connectivity index (χ1v) is 9.23. The zero-order valence-electron chi connectivity index (χ0n) is 14.7. The number of halogens is 1. The van der Waals surface area contributed by atoms with E-state index in [9.17, 15) is 0 Å². The standard InChI is InChI=1S/C22H27N.ClH/c1-3-23(4-2)14-13-16-15-21-17-9-5-7-11-19(17)22(16)20-12-8-6-10-18(20)21;/h5-12,16,21-22H,3-4,13-15H2,1-2H3;1H. The lowest BCUT2D eigenvalue weighted by Crippen LogP contribution is -2.34. The maximum Gasteiger partial charge on any atom is 0.0124 e. The molecule has 1 atom stereocenters. The minimum atomic E-state index is 0. The van der Waals surface area contributed by atoms with E-state index in [0.29, 0.717) is 11.8 Å². The molecule has 0 fully saturated rings. The quantitative estimate of drug-likeness (QED) is 0.700. The molecule has 0 spiro atoms. The summed E-state index contributed by atoms with van der Waals surface area (Å²) in [5.74, 6) is 2.03. The number of hydrogen-bond acceptors (Lipinski definition) is 1. The summed E-state index contributed by atoms with van der Waals surface area (Å²) >= 11 is 0. The molecule has 2 aromatic carbocycles. The summed E-state index contributed by atoms with van der Waals surface area (Å²) in [5.41, 5.74) is 6.39. The first-order chi connectivity index (χ1) is 11.3. The highest BCUT2D eigenvalue weighted by Gasteiger charge is 2.42. The Bertz CT molecular complexity index is 644. The lowest BCUT2D eigenvalue weighted by molar-refractivity contribution is 0.245. The van der Waals surface area contributed by atoms with E-state index >= 15 is 0 Å². The molecule has 0 saturated carbocycles. The molecule has 24 heavy (non-hydrogen) atoms. The van der Waals surface area contributed by atoms with Gasteiger partial charge in [0.25, 0.3) is 0 Å². The third-order valence-corrected chi connectivity index (χ3v) is 6.13. The summed E-state index contributed by atoms with van der Waals surface area (Å²) in [6.07, 6.45) is 2.66. The minimum Gasteiger partial charge on any atom is -0.304 e. The lowest BCUT2D eigenvalue weighted by atomic mass is 9.58. The third-order valence-electron chi connectivity index (χ3n) is 6.13. The lowest BCUT2D eigenvalue weighted by Gasteiger charge is -2.46. The Kier molecular flexibility index (Phi) is 5.32. The van der Waals surface area contributed by atoms with Crippen molar-refractivity contribution < 1.29 is 0 Å². The molecular weight excluding hydrogens is 314 g/mol. The molecule has 0 radical (unpaired) electrons. The van der Waals surface area contributed by atoms with Crippen LogP contribution in [0.3, 0.4) is 0 Å². The number of rotatable bonds is 5. The summed E-state index contributed by atoms with van der Waals surface area (Å²) < 4.78 is 0. The van der Waals surface area contributed by atoms with Crippen LogP contribution in [-0.2, 0) is 0 Å². The molecule has 2 bridgehead atoms. The van der Waals surface area contributed by atoms with Crippen LogP contribution in [0.4, 0.5) is 0 Å². The van der Waals surface area contributed by atoms with Gasteiger partial charge in [0.05, 0.1) is 0 Å². The van der Waals surface area contributed by atoms with Gasteiger partial charge in [-0.3, -0.25) is 0 Å². The number of fused-ring (bicyclic) bond motifs is 1. The van der Waals surface area contributed by atoms with Crippen LogP contribution in [0.25, 0.3) is 0 Å². The molecule has 0 aliphatic heterocycles. The van der Waals surface area contributed by atoms with Crippen molar-refractivity contribution in [3.63, 3.8) is 0 Å². The normalized spacial score (nSPS) is 23.5. The van der Waals surface area contributed by atoms with E-state index in [2.05, 4.69) is 67.3 Å². The molecule has 1 unspecified atom stereocenters. The van der Waals surface area contributed by atoms with Crippen LogP contribution in [0.5, 0.6) is 0 Å². The van der Waals surface area contributed by atoms with E-state index in [4.69, 9.17) is 0 Å². The van der Waals surface area contributed by atoms with Crippen molar-refractivity contribution >= 4 is 12.4 Å². The van der Waals surface area contributed by atoms with Crippen molar-refractivity contribution in [3.05, 3.63) is 70.8 Å². The van der Waals surface area contributed by atoms with Crippen molar-refractivity contribution in [2.45, 2.75) is 38.5 Å². The van der Waals surface area contributed by atoms with Gasteiger partial charge in [-0.15, -0.1) is 12.4 Å². The van der Waals surface area contributed by atoms with E-state index in [-0.39, 0.29) is 12.4 Å². The molecule has 128 valence electrons. The Morgan fingerprint density at radius 1 is 0.833 bits per heavy atom. The van der Waals surface area contributed by atoms with Gasteiger partial charge in [-0.1, -0.05) is 62.4 Å². The fraction of sp³-hybridized carbons (Fsp3) is 0.455. The number of hydrogen-bond donors (Lipinski definition) is 0. The van der Waals surface area contributed by atoms with Gasteiger partial charge >= 0.3 is 0 Å². The molecule has 3 aliphatic carbocycles. The van der Waals surface area contributed by atoms with Crippen LogP contribution in [0.1, 0.15) is 60.8 Å². The van der Waals surface area contributed by atoms with Gasteiger partial charge in [0.1, 0.15) is 0 Å². The van der Waals surface area contributed by atoms with Crippen molar-refractivity contribution in [3.8, 4) is 0 Å². The fourth-order valence-electron chi connectivity index (χ4n) is 4.93. The summed E-state index contributed by atoms with van der Waals surface area (Å²) in [7, 11) is 0. The largest absolute Gasteiger partial charge is 0.304 e. The zero-order chi connectivity index (χ0) is 15.8. The second-order valence-corrected chi connectivity index (χ2v) is 7.10. The van der Waals surface area contributed by atoms with E-state index in [1.54, 1.807) is 22.3 Å². The minimum absolute atomic E-state index is 0. The average Bonchev–Trinajstić information content (AvgIpc) is 2.63. The van der Waals surface area contributed by atoms with Gasteiger partial charge in [-0.05, 0) is 60.6 Å². The molecule has 3 aliphatic rings. The Labute approximate surface area is 152 Å². The monoisotopic (exact) mass is 341 g/mol. The van der Waals surface area contributed by atoms with Crippen LogP contribution < -0.4 is 0 Å². The smallest absolute Gasteiger partial charge is 0.0124 e. The first kappa shape index (κ1) is 17.5. The molecule has 2 heteroatoms. The molecule has 5 rings (SSSR count). The molecule has 2 aromatic rings. The van der Waals surface area contributed by atoms with Gasteiger partial charge in [-0.25, -0.2) is 0 Å². The maximum absolute atomic E-state index is 2.57. The molecule has 0 saturated heterocycles. The van der Waals surface area contributed by atoms with E-state index in [1.165, 1.54) is 32.5 Å². The molecule has 0 aromatic heterocycles. The van der Waals surface area contributed by atoms with Crippen molar-refractivity contribution in [2.75, 3.05) is 19.6 Å². The van der Waals surface area contributed by atoms with Gasteiger partial charge < -0.3 is 4.90 Å².